The highest BCUT2D eigenvalue weighted by molar-refractivity contribution is 7.80. The van der Waals surface area contributed by atoms with Gasteiger partial charge in [0.25, 0.3) is 0 Å². The predicted molar refractivity (Wildman–Crippen MR) is 97.6 cm³/mol. The third kappa shape index (κ3) is 6.86. The van der Waals surface area contributed by atoms with Crippen LogP contribution >= 0.6 is 12.6 Å². The van der Waals surface area contributed by atoms with Crippen molar-refractivity contribution in [3.05, 3.63) is 35.9 Å². The van der Waals surface area contributed by atoms with Crippen LogP contribution in [0.25, 0.3) is 0 Å². The van der Waals surface area contributed by atoms with E-state index >= 15 is 0 Å². The third-order valence-electron chi connectivity index (χ3n) is 4.26. The molecule has 1 aromatic rings. The van der Waals surface area contributed by atoms with Crippen molar-refractivity contribution in [2.75, 3.05) is 45.0 Å². The zero-order valence-electron chi connectivity index (χ0n) is 14.0. The zero-order chi connectivity index (χ0) is 15.5. The van der Waals surface area contributed by atoms with E-state index in [0.29, 0.717) is 5.92 Å². The maximum Gasteiger partial charge on any atom is 0.00580 e. The lowest BCUT2D eigenvalue weighted by Crippen LogP contribution is -2.33. The summed E-state index contributed by atoms with van der Waals surface area (Å²) in [7, 11) is 0. The molecule has 120 valence electrons. The molecule has 1 rings (SSSR count). The summed E-state index contributed by atoms with van der Waals surface area (Å²) in [6, 6.07) is 10.8. The Kier molecular flexibility index (Phi) is 9.81. The summed E-state index contributed by atoms with van der Waals surface area (Å²) in [6.45, 7) is 13.7. The van der Waals surface area contributed by atoms with Crippen molar-refractivity contribution in [3.63, 3.8) is 0 Å². The molecule has 1 aromatic carbocycles. The number of hydrogen-bond donors (Lipinski definition) is 1. The quantitative estimate of drug-likeness (QED) is 0.622. The maximum absolute atomic E-state index is 4.56. The SMILES string of the molecule is CCN(CC)CCCN(CC)CC(CS)c1ccccc1. The molecule has 0 aromatic heterocycles. The van der Waals surface area contributed by atoms with Gasteiger partial charge in [-0.05, 0) is 50.5 Å². The topological polar surface area (TPSA) is 6.48 Å². The first-order chi connectivity index (χ1) is 10.2. The number of benzene rings is 1. The summed E-state index contributed by atoms with van der Waals surface area (Å²) < 4.78 is 0. The molecular formula is C18H32N2S. The van der Waals surface area contributed by atoms with E-state index in [0.717, 1.165) is 31.9 Å². The molecule has 0 radical (unpaired) electrons. The van der Waals surface area contributed by atoms with Gasteiger partial charge in [-0.1, -0.05) is 51.1 Å². The van der Waals surface area contributed by atoms with Gasteiger partial charge in [-0.3, -0.25) is 0 Å². The first kappa shape index (κ1) is 18.5. The van der Waals surface area contributed by atoms with Gasteiger partial charge in [-0.15, -0.1) is 0 Å². The van der Waals surface area contributed by atoms with E-state index in [9.17, 15) is 0 Å². The van der Waals surface area contributed by atoms with Gasteiger partial charge in [0.1, 0.15) is 0 Å². The van der Waals surface area contributed by atoms with Crippen LogP contribution in [0.15, 0.2) is 30.3 Å². The Morgan fingerprint density at radius 3 is 2.00 bits per heavy atom. The van der Waals surface area contributed by atoms with Gasteiger partial charge in [0.2, 0.25) is 0 Å². The lowest BCUT2D eigenvalue weighted by molar-refractivity contribution is 0.237. The minimum absolute atomic E-state index is 0.530. The van der Waals surface area contributed by atoms with E-state index in [1.807, 2.05) is 0 Å². The number of hydrogen-bond acceptors (Lipinski definition) is 3. The maximum atomic E-state index is 4.56. The molecule has 1 unspecified atom stereocenters. The van der Waals surface area contributed by atoms with Gasteiger partial charge in [0.05, 0.1) is 0 Å². The fraction of sp³-hybridized carbons (Fsp3) is 0.667. The Bertz CT molecular complexity index is 351. The molecular weight excluding hydrogens is 276 g/mol. The second kappa shape index (κ2) is 11.1. The second-order valence-electron chi connectivity index (χ2n) is 5.56. The largest absolute Gasteiger partial charge is 0.304 e. The molecule has 0 saturated carbocycles. The van der Waals surface area contributed by atoms with Gasteiger partial charge < -0.3 is 9.80 Å². The summed E-state index contributed by atoms with van der Waals surface area (Å²) >= 11 is 4.56. The highest BCUT2D eigenvalue weighted by Crippen LogP contribution is 2.18. The molecule has 0 heterocycles. The molecule has 0 spiro atoms. The molecule has 3 heteroatoms. The highest BCUT2D eigenvalue weighted by atomic mass is 32.1. The van der Waals surface area contributed by atoms with Crippen LogP contribution in [-0.4, -0.2) is 54.8 Å². The van der Waals surface area contributed by atoms with Crippen LogP contribution in [0, 0.1) is 0 Å². The molecule has 0 aliphatic carbocycles. The molecule has 0 saturated heterocycles. The van der Waals surface area contributed by atoms with E-state index in [-0.39, 0.29) is 0 Å². The summed E-state index contributed by atoms with van der Waals surface area (Å²) in [4.78, 5) is 5.07. The molecule has 0 fully saturated rings. The number of nitrogens with zero attached hydrogens (tertiary/aromatic N) is 2. The summed E-state index contributed by atoms with van der Waals surface area (Å²) in [5.74, 6) is 1.44. The van der Waals surface area contributed by atoms with Crippen LogP contribution in [0.2, 0.25) is 0 Å². The molecule has 0 aliphatic heterocycles. The van der Waals surface area contributed by atoms with Crippen LogP contribution < -0.4 is 0 Å². The van der Waals surface area contributed by atoms with Crippen molar-refractivity contribution < 1.29 is 0 Å². The van der Waals surface area contributed by atoms with Crippen LogP contribution in [-0.2, 0) is 0 Å². The van der Waals surface area contributed by atoms with E-state index in [1.54, 1.807) is 0 Å². The normalized spacial score (nSPS) is 13.0. The Morgan fingerprint density at radius 1 is 0.905 bits per heavy atom. The van der Waals surface area contributed by atoms with Crippen LogP contribution in [0.3, 0.4) is 0 Å². The molecule has 0 aliphatic rings. The van der Waals surface area contributed by atoms with Crippen LogP contribution in [0.4, 0.5) is 0 Å². The first-order valence-corrected chi connectivity index (χ1v) is 8.98. The Labute approximate surface area is 136 Å². The summed E-state index contributed by atoms with van der Waals surface area (Å²) in [5, 5.41) is 0. The van der Waals surface area contributed by atoms with Crippen molar-refractivity contribution in [1.82, 2.24) is 9.80 Å². The van der Waals surface area contributed by atoms with E-state index in [4.69, 9.17) is 0 Å². The third-order valence-corrected chi connectivity index (χ3v) is 4.70. The Balaban J connectivity index is 2.44. The van der Waals surface area contributed by atoms with Crippen LogP contribution in [0.5, 0.6) is 0 Å². The lowest BCUT2D eigenvalue weighted by atomic mass is 10.0. The summed E-state index contributed by atoms with van der Waals surface area (Å²) in [5.41, 5.74) is 1.41. The van der Waals surface area contributed by atoms with Crippen molar-refractivity contribution in [2.24, 2.45) is 0 Å². The van der Waals surface area contributed by atoms with E-state index in [1.165, 1.54) is 25.1 Å². The minimum atomic E-state index is 0.530. The zero-order valence-corrected chi connectivity index (χ0v) is 14.9. The number of likely N-dealkylation sites (N-methyl/N-ethyl adjacent to an activating group) is 1. The van der Waals surface area contributed by atoms with Crippen molar-refractivity contribution in [1.29, 1.82) is 0 Å². The van der Waals surface area contributed by atoms with Crippen molar-refractivity contribution in [2.45, 2.75) is 33.1 Å². The number of thiol groups is 1. The van der Waals surface area contributed by atoms with Gasteiger partial charge >= 0.3 is 0 Å². The average molecular weight is 309 g/mol. The molecule has 0 bridgehead atoms. The second-order valence-corrected chi connectivity index (χ2v) is 5.93. The minimum Gasteiger partial charge on any atom is -0.304 e. The molecule has 0 amide bonds. The monoisotopic (exact) mass is 308 g/mol. The average Bonchev–Trinajstić information content (AvgIpc) is 2.55. The molecule has 0 N–H and O–H groups in total. The fourth-order valence-electron chi connectivity index (χ4n) is 2.74. The standard InChI is InChI=1S/C18H32N2S/c1-4-19(5-2)13-10-14-20(6-3)15-18(16-21)17-11-8-7-9-12-17/h7-9,11-12,18,21H,4-6,10,13-16H2,1-3H3. The molecule has 21 heavy (non-hydrogen) atoms. The van der Waals surface area contributed by atoms with Crippen molar-refractivity contribution in [3.8, 4) is 0 Å². The van der Waals surface area contributed by atoms with E-state index in [2.05, 4.69) is 73.5 Å². The number of rotatable bonds is 11. The smallest absolute Gasteiger partial charge is 0.00580 e. The predicted octanol–water partition coefficient (Wildman–Crippen LogP) is 3.75. The van der Waals surface area contributed by atoms with E-state index < -0.39 is 0 Å². The van der Waals surface area contributed by atoms with Gasteiger partial charge in [0.15, 0.2) is 0 Å². The highest BCUT2D eigenvalue weighted by Gasteiger charge is 2.14. The Hall–Kier alpha value is -0.510. The van der Waals surface area contributed by atoms with Crippen molar-refractivity contribution >= 4 is 12.6 Å². The summed E-state index contributed by atoms with van der Waals surface area (Å²) in [6.07, 6.45) is 1.25. The van der Waals surface area contributed by atoms with Gasteiger partial charge in [-0.25, -0.2) is 0 Å². The lowest BCUT2D eigenvalue weighted by Gasteiger charge is -2.27. The van der Waals surface area contributed by atoms with Gasteiger partial charge in [0, 0.05) is 12.5 Å². The van der Waals surface area contributed by atoms with Gasteiger partial charge in [-0.2, -0.15) is 12.6 Å². The first-order valence-electron chi connectivity index (χ1n) is 8.35. The van der Waals surface area contributed by atoms with Crippen LogP contribution in [0.1, 0.15) is 38.7 Å². The Morgan fingerprint density at radius 2 is 1.48 bits per heavy atom. The fourth-order valence-corrected chi connectivity index (χ4v) is 3.07. The molecule has 2 nitrogen and oxygen atoms in total. The molecule has 1 atom stereocenters.